The first-order valence-electron chi connectivity index (χ1n) is 26.1. The predicted molar refractivity (Wildman–Crippen MR) is 297 cm³/mol. The first-order valence-corrected chi connectivity index (χ1v) is 26.1. The molecule has 0 N–H and O–H groups in total. The fourth-order valence-corrected chi connectivity index (χ4v) is 12.0. The molecule has 0 aromatic rings. The number of carbonyl (C=O) groups excluding carboxylic acids is 8. The maximum atomic E-state index is 12.6. The van der Waals surface area contributed by atoms with Crippen molar-refractivity contribution in [3.63, 3.8) is 0 Å². The van der Waals surface area contributed by atoms with Crippen LogP contribution in [0.25, 0.3) is 4.85 Å². The summed E-state index contributed by atoms with van der Waals surface area (Å²) >= 11 is 0. The summed E-state index contributed by atoms with van der Waals surface area (Å²) in [5.41, 5.74) is 2.45. The Labute approximate surface area is 479 Å². The molecule has 2 saturated carbocycles. The van der Waals surface area contributed by atoms with Gasteiger partial charge in [-0.05, 0) is 27.9 Å². The molecule has 1 heterocycles. The van der Waals surface area contributed by atoms with Crippen LogP contribution in [-0.2, 0) is 81.0 Å². The lowest BCUT2D eigenvalue weighted by atomic mass is 9.58. The molecule has 9 aliphatic rings. The Morgan fingerprint density at radius 3 is 0.831 bits per heavy atom. The highest BCUT2D eigenvalue weighted by Gasteiger charge is 2.50. The molecule has 0 bridgehead atoms. The van der Waals surface area contributed by atoms with Crippen LogP contribution in [0, 0.1) is 77.1 Å². The molecule has 12 unspecified atom stereocenters. The molecule has 3 fully saturated rings. The number of hydrogen-bond acceptors (Lipinski definition) is 18. The molecular weight excluding hydrogens is 1070 g/mol. The average Bonchev–Trinajstić information content (AvgIpc) is 3.32. The zero-order chi connectivity index (χ0) is 60.1. The first kappa shape index (κ1) is 60.9. The average molecular weight is 1130 g/mol. The topological polar surface area (TPSA) is 248 Å². The summed E-state index contributed by atoms with van der Waals surface area (Å²) in [5.74, 6) is -9.75. The lowest BCUT2D eigenvalue weighted by Crippen LogP contribution is -2.43. The minimum atomic E-state index is -0.791. The number of allylic oxidation sites excluding steroid dienone is 24. The van der Waals surface area contributed by atoms with E-state index in [4.69, 9.17) is 49.2 Å². The van der Waals surface area contributed by atoms with Crippen LogP contribution in [0.4, 0.5) is 0 Å². The van der Waals surface area contributed by atoms with Crippen molar-refractivity contribution < 1.29 is 81.0 Å². The van der Waals surface area contributed by atoms with E-state index in [2.05, 4.69) is 4.85 Å². The van der Waals surface area contributed by atoms with Crippen LogP contribution in [0.15, 0.2) is 202 Å². The zero-order valence-electron chi connectivity index (χ0n) is 46.6. The molecule has 0 radical (unpaired) electrons. The number of ether oxygens (including phenoxy) is 9. The third kappa shape index (κ3) is 12.0. The maximum absolute atomic E-state index is 12.6. The van der Waals surface area contributed by atoms with Gasteiger partial charge in [-0.3, -0.25) is 4.79 Å². The SMILES string of the molecule is COC(=O)C(C#N)=C1C2C=CC=CC2C(=C(C(=O)OC)C(=O)OC)C2C=CC=CC12.COC(=O)C(C(=O)OC)=C1C2C=CC=CC2OC2C=CC=CC12.[C-]#[N+]C(C(=O)OC)=C1C2C=CC=CC2C(=C(C(=O)OC)C(=O)OC)C2C=CC=CC12. The van der Waals surface area contributed by atoms with Crippen LogP contribution in [0.2, 0.25) is 0 Å². The van der Waals surface area contributed by atoms with Crippen LogP contribution in [0.3, 0.4) is 0 Å². The Balaban J connectivity index is 0.000000181. The van der Waals surface area contributed by atoms with Gasteiger partial charge in [-0.1, -0.05) is 146 Å². The summed E-state index contributed by atoms with van der Waals surface area (Å²) in [6.07, 6.45) is 44.2. The largest absolute Gasteiger partial charge is 0.474 e. The molecule has 1 aliphatic heterocycles. The number of nitrogens with zero attached hydrogens (tertiary/aromatic N) is 2. The molecular formula is C64H60N2O17. The van der Waals surface area contributed by atoms with Gasteiger partial charge in [-0.15, -0.1) is 0 Å². The summed E-state index contributed by atoms with van der Waals surface area (Å²) in [7, 11) is 9.79. The molecule has 1 saturated heterocycles. The van der Waals surface area contributed by atoms with E-state index in [1.165, 1.54) is 56.9 Å². The van der Waals surface area contributed by atoms with Gasteiger partial charge in [0.1, 0.15) is 28.4 Å². The standard InChI is InChI=1S/2C23H21NO6.C18H18O5/c1-24-20(23(27)30-4)18-15-11-7-5-9-13(15)17(14-10-6-8-12-16(14)18)19(21(25)28-2)22(26)29-3;1-28-21(25)17(12-24)18-13-8-4-6-10-15(13)19(16-11-7-5-9-14(16)18)20(22(26)29-2)23(27)30-3;1-21-17(19)16(18(20)22-2)15-11-7-3-5-9-13(11)23-14-10-6-4-8-12(14)15/h5-16H,2-4H3;4-11,13-16H,1-3H3;3-14H,1-2H3. The van der Waals surface area contributed by atoms with E-state index in [0.717, 1.165) is 0 Å². The third-order valence-corrected chi connectivity index (χ3v) is 15.4. The number of esters is 8. The minimum absolute atomic E-state index is 0.0387. The van der Waals surface area contributed by atoms with Crippen LogP contribution in [0.1, 0.15) is 0 Å². The van der Waals surface area contributed by atoms with Crippen molar-refractivity contribution >= 4 is 47.8 Å². The summed E-state index contributed by atoms with van der Waals surface area (Å²) in [5, 5.41) is 9.73. The number of carbonyl (C=O) groups is 8. The van der Waals surface area contributed by atoms with E-state index < -0.39 is 95.1 Å². The Morgan fingerprint density at radius 1 is 0.349 bits per heavy atom. The Kier molecular flexibility index (Phi) is 20.3. The second-order valence-corrected chi connectivity index (χ2v) is 19.2. The Morgan fingerprint density at radius 2 is 0.578 bits per heavy atom. The molecule has 0 spiro atoms. The summed E-state index contributed by atoms with van der Waals surface area (Å²) in [6.45, 7) is 7.59. The number of methoxy groups -OCH3 is 8. The summed E-state index contributed by atoms with van der Waals surface area (Å²) in [4.78, 5) is 103. The lowest BCUT2D eigenvalue weighted by molar-refractivity contribution is -0.146. The van der Waals surface area contributed by atoms with Crippen molar-refractivity contribution in [2.24, 2.45) is 59.2 Å². The Bertz CT molecular complexity index is 3030. The molecule has 19 heteroatoms. The van der Waals surface area contributed by atoms with Gasteiger partial charge in [-0.25, -0.2) is 38.4 Å². The number of hydrogen-bond donors (Lipinski definition) is 0. The molecule has 12 atom stereocenters. The second kappa shape index (κ2) is 27.6. The van der Waals surface area contributed by atoms with Gasteiger partial charge < -0.3 is 42.6 Å². The van der Waals surface area contributed by atoms with E-state index >= 15 is 0 Å². The number of rotatable bonds is 8. The highest BCUT2D eigenvalue weighted by Crippen LogP contribution is 2.54. The lowest BCUT2D eigenvalue weighted by Gasteiger charge is -2.44. The molecule has 0 aromatic heterocycles. The van der Waals surface area contributed by atoms with Gasteiger partial charge in [0.15, 0.2) is 0 Å². The van der Waals surface area contributed by atoms with Crippen molar-refractivity contribution in [1.82, 2.24) is 0 Å². The van der Waals surface area contributed by atoms with Crippen LogP contribution in [-0.4, -0.2) is 117 Å². The van der Waals surface area contributed by atoms with E-state index in [0.29, 0.717) is 27.9 Å². The minimum Gasteiger partial charge on any atom is -0.474 e. The van der Waals surface area contributed by atoms with Gasteiger partial charge in [-0.2, -0.15) is 5.26 Å². The van der Waals surface area contributed by atoms with Crippen LogP contribution >= 0.6 is 0 Å². The first-order chi connectivity index (χ1) is 40.2. The van der Waals surface area contributed by atoms with Crippen molar-refractivity contribution in [1.29, 1.82) is 5.26 Å². The zero-order valence-corrected chi connectivity index (χ0v) is 46.6. The maximum Gasteiger partial charge on any atom is 0.348 e. The van der Waals surface area contributed by atoms with Gasteiger partial charge in [0.05, 0.1) is 75.7 Å². The van der Waals surface area contributed by atoms with Crippen molar-refractivity contribution in [3.8, 4) is 6.07 Å². The molecule has 0 aromatic carbocycles. The monoisotopic (exact) mass is 1130 g/mol. The molecule has 83 heavy (non-hydrogen) atoms. The second-order valence-electron chi connectivity index (χ2n) is 19.2. The quantitative estimate of drug-likeness (QED) is 0.0454. The van der Waals surface area contributed by atoms with E-state index in [9.17, 15) is 43.6 Å². The number of fused-ring (bicyclic) bond motifs is 6. The summed E-state index contributed by atoms with van der Waals surface area (Å²) < 4.78 is 44.9. The summed E-state index contributed by atoms with van der Waals surface area (Å²) in [6, 6.07) is 1.99. The molecule has 19 nitrogen and oxygen atoms in total. The van der Waals surface area contributed by atoms with Crippen LogP contribution < -0.4 is 0 Å². The van der Waals surface area contributed by atoms with Crippen LogP contribution in [0.5, 0.6) is 0 Å². The van der Waals surface area contributed by atoms with Gasteiger partial charge in [0, 0.05) is 59.2 Å². The van der Waals surface area contributed by atoms with Crippen molar-refractivity contribution in [2.45, 2.75) is 12.2 Å². The molecule has 0 amide bonds. The fourth-order valence-electron chi connectivity index (χ4n) is 12.0. The Hall–Kier alpha value is -9.72. The highest BCUT2D eigenvalue weighted by molar-refractivity contribution is 6.16. The molecule has 9 rings (SSSR count). The van der Waals surface area contributed by atoms with Gasteiger partial charge in [0.2, 0.25) is 0 Å². The van der Waals surface area contributed by atoms with E-state index in [1.807, 2.05) is 140 Å². The molecule has 428 valence electrons. The van der Waals surface area contributed by atoms with Crippen molar-refractivity contribution in [3.05, 3.63) is 213 Å². The highest BCUT2D eigenvalue weighted by atomic mass is 16.6. The number of nitriles is 1. The van der Waals surface area contributed by atoms with E-state index in [1.54, 1.807) is 12.2 Å². The molecule has 8 aliphatic carbocycles. The van der Waals surface area contributed by atoms with Crippen molar-refractivity contribution in [2.75, 3.05) is 56.9 Å². The normalized spacial score (nSPS) is 26.9. The fraction of sp³-hybridized carbons (Fsp3) is 0.312. The van der Waals surface area contributed by atoms with Gasteiger partial charge >= 0.3 is 47.8 Å². The van der Waals surface area contributed by atoms with Gasteiger partial charge in [0.25, 0.3) is 5.70 Å². The third-order valence-electron chi connectivity index (χ3n) is 15.4. The smallest absolute Gasteiger partial charge is 0.348 e. The predicted octanol–water partition coefficient (Wildman–Crippen LogP) is 6.94. The van der Waals surface area contributed by atoms with E-state index in [-0.39, 0.29) is 52.0 Å².